The molecule has 4 aromatic rings. The van der Waals surface area contributed by atoms with Crippen LogP contribution in [0.15, 0.2) is 47.5 Å². The zero-order valence-corrected chi connectivity index (χ0v) is 18.0. The molecule has 1 N–H and O–H groups in total. The summed E-state index contributed by atoms with van der Waals surface area (Å²) in [6, 6.07) is 11.7. The maximum absolute atomic E-state index is 12.7. The molecular weight excluding hydrogens is 398 g/mol. The normalized spacial score (nSPS) is 11.2. The lowest BCUT2D eigenvalue weighted by molar-refractivity contribution is -0.116. The lowest BCUT2D eigenvalue weighted by atomic mass is 10.2. The van der Waals surface area contributed by atoms with Gasteiger partial charge in [0.15, 0.2) is 0 Å². The fourth-order valence-electron chi connectivity index (χ4n) is 3.41. The molecule has 1 amide bonds. The minimum Gasteiger partial charge on any atom is -0.323 e. The molecule has 0 saturated heterocycles. The van der Waals surface area contributed by atoms with E-state index in [1.165, 1.54) is 22.2 Å². The summed E-state index contributed by atoms with van der Waals surface area (Å²) < 4.78 is 3.32. The van der Waals surface area contributed by atoms with E-state index < -0.39 is 0 Å². The molecule has 154 valence electrons. The van der Waals surface area contributed by atoms with Crippen LogP contribution in [-0.2, 0) is 17.8 Å². The third-order valence-electron chi connectivity index (χ3n) is 5.05. The van der Waals surface area contributed by atoms with Crippen molar-refractivity contribution in [2.75, 3.05) is 5.32 Å². The summed E-state index contributed by atoms with van der Waals surface area (Å²) in [5, 5.41) is 8.12. The number of nitrogens with zero attached hydrogens (tertiary/aromatic N) is 4. The summed E-state index contributed by atoms with van der Waals surface area (Å²) in [6.07, 6.45) is 2.57. The van der Waals surface area contributed by atoms with E-state index in [9.17, 15) is 9.59 Å². The zero-order chi connectivity index (χ0) is 21.3. The van der Waals surface area contributed by atoms with Crippen LogP contribution < -0.4 is 10.9 Å². The Labute approximate surface area is 178 Å². The number of rotatable bonds is 6. The number of para-hydroxylation sites is 1. The van der Waals surface area contributed by atoms with E-state index in [4.69, 9.17) is 0 Å². The predicted molar refractivity (Wildman–Crippen MR) is 120 cm³/mol. The zero-order valence-electron chi connectivity index (χ0n) is 17.2. The first kappa shape index (κ1) is 20.0. The Kier molecular flexibility index (Phi) is 5.50. The van der Waals surface area contributed by atoms with E-state index in [1.54, 1.807) is 0 Å². The summed E-state index contributed by atoms with van der Waals surface area (Å²) >= 11 is 1.54. The van der Waals surface area contributed by atoms with Gasteiger partial charge in [0.1, 0.15) is 4.83 Å². The molecule has 3 aromatic heterocycles. The third kappa shape index (κ3) is 3.78. The lowest BCUT2D eigenvalue weighted by Crippen LogP contribution is -2.23. The highest BCUT2D eigenvalue weighted by Crippen LogP contribution is 2.23. The Morgan fingerprint density at radius 3 is 2.70 bits per heavy atom. The molecule has 7 nitrogen and oxygen atoms in total. The monoisotopic (exact) mass is 421 g/mol. The van der Waals surface area contributed by atoms with Crippen molar-refractivity contribution >= 4 is 33.1 Å². The van der Waals surface area contributed by atoms with Gasteiger partial charge in [-0.05, 0) is 38.5 Å². The maximum atomic E-state index is 12.7. The first-order chi connectivity index (χ1) is 14.5. The number of hydrogen-bond donors (Lipinski definition) is 1. The average molecular weight is 422 g/mol. The van der Waals surface area contributed by atoms with Crippen molar-refractivity contribution in [3.63, 3.8) is 0 Å². The minimum absolute atomic E-state index is 0.104. The van der Waals surface area contributed by atoms with Crippen LogP contribution in [0.25, 0.3) is 15.9 Å². The lowest BCUT2D eigenvalue weighted by Gasteiger charge is -2.08. The van der Waals surface area contributed by atoms with E-state index in [1.807, 2.05) is 54.9 Å². The van der Waals surface area contributed by atoms with Crippen LogP contribution in [-0.4, -0.2) is 25.2 Å². The Balaban J connectivity index is 1.48. The van der Waals surface area contributed by atoms with Crippen molar-refractivity contribution in [3.05, 3.63) is 69.3 Å². The fourth-order valence-corrected chi connectivity index (χ4v) is 4.34. The van der Waals surface area contributed by atoms with E-state index in [0.717, 1.165) is 33.2 Å². The smallest absolute Gasteiger partial charge is 0.262 e. The van der Waals surface area contributed by atoms with Gasteiger partial charge in [-0.15, -0.1) is 11.3 Å². The van der Waals surface area contributed by atoms with E-state index in [0.29, 0.717) is 11.1 Å². The fraction of sp³-hybridized carbons (Fsp3) is 0.273. The number of nitrogens with one attached hydrogen (secondary N) is 1. The number of aryl methyl sites for hydroxylation is 3. The highest BCUT2D eigenvalue weighted by Gasteiger charge is 2.16. The molecule has 8 heteroatoms. The van der Waals surface area contributed by atoms with Crippen molar-refractivity contribution in [2.24, 2.45) is 0 Å². The molecule has 3 heterocycles. The van der Waals surface area contributed by atoms with Crippen LogP contribution in [0.1, 0.15) is 29.6 Å². The van der Waals surface area contributed by atoms with Crippen molar-refractivity contribution in [2.45, 2.75) is 40.2 Å². The second-order valence-corrected chi connectivity index (χ2v) is 8.23. The summed E-state index contributed by atoms with van der Waals surface area (Å²) in [4.78, 5) is 31.5. The maximum Gasteiger partial charge on any atom is 0.262 e. The minimum atomic E-state index is -0.166. The van der Waals surface area contributed by atoms with Crippen LogP contribution in [0.3, 0.4) is 0 Å². The number of aromatic nitrogens is 4. The van der Waals surface area contributed by atoms with Crippen molar-refractivity contribution in [1.29, 1.82) is 0 Å². The summed E-state index contributed by atoms with van der Waals surface area (Å²) in [7, 11) is 0. The Bertz CT molecular complexity index is 1270. The summed E-state index contributed by atoms with van der Waals surface area (Å²) in [5.41, 5.74) is 3.14. The molecule has 0 radical (unpaired) electrons. The quantitative estimate of drug-likeness (QED) is 0.513. The standard InChI is InChI=1S/C22H23N5O2S/c1-4-17-12-18-21(30-17)23-13-26(22(18)29)11-10-19(28)24-20-14(2)25-27(15(20)3)16-8-6-5-7-9-16/h5-9,12-13H,4,10-11H2,1-3H3,(H,24,28). The number of carbonyl (C=O) groups is 1. The van der Waals surface area contributed by atoms with Gasteiger partial charge in [0.05, 0.1) is 34.5 Å². The van der Waals surface area contributed by atoms with Gasteiger partial charge in [-0.3, -0.25) is 14.2 Å². The molecule has 0 bridgehead atoms. The van der Waals surface area contributed by atoms with Crippen molar-refractivity contribution < 1.29 is 4.79 Å². The number of benzene rings is 1. The number of fused-ring (bicyclic) bond motifs is 1. The van der Waals surface area contributed by atoms with Crippen molar-refractivity contribution in [3.8, 4) is 5.69 Å². The topological polar surface area (TPSA) is 81.8 Å². The molecule has 0 aliphatic rings. The number of carbonyl (C=O) groups excluding carboxylic acids is 1. The number of hydrogen-bond acceptors (Lipinski definition) is 5. The van der Waals surface area contributed by atoms with Gasteiger partial charge in [-0.2, -0.15) is 5.10 Å². The molecule has 0 unspecified atom stereocenters. The first-order valence-corrected chi connectivity index (χ1v) is 10.7. The van der Waals surface area contributed by atoms with Gasteiger partial charge >= 0.3 is 0 Å². The molecule has 0 atom stereocenters. The Hall–Kier alpha value is -3.26. The molecular formula is C22H23N5O2S. The number of anilines is 1. The van der Waals surface area contributed by atoms with Crippen LogP contribution in [0.5, 0.6) is 0 Å². The van der Waals surface area contributed by atoms with Crippen molar-refractivity contribution in [1.82, 2.24) is 19.3 Å². The van der Waals surface area contributed by atoms with Gasteiger partial charge in [0, 0.05) is 17.8 Å². The van der Waals surface area contributed by atoms with Gasteiger partial charge in [0.25, 0.3) is 5.56 Å². The van der Waals surface area contributed by atoms with Gasteiger partial charge in [-0.25, -0.2) is 9.67 Å². The van der Waals surface area contributed by atoms with E-state index >= 15 is 0 Å². The van der Waals surface area contributed by atoms with Crippen LogP contribution in [0.2, 0.25) is 0 Å². The van der Waals surface area contributed by atoms with Gasteiger partial charge in [0.2, 0.25) is 5.91 Å². The van der Waals surface area contributed by atoms with Crippen LogP contribution in [0.4, 0.5) is 5.69 Å². The molecule has 0 saturated carbocycles. The van der Waals surface area contributed by atoms with Crippen LogP contribution in [0, 0.1) is 13.8 Å². The molecule has 0 aliphatic carbocycles. The largest absolute Gasteiger partial charge is 0.323 e. The second kappa shape index (κ2) is 8.23. The first-order valence-electron chi connectivity index (χ1n) is 9.87. The third-order valence-corrected chi connectivity index (χ3v) is 6.24. The Morgan fingerprint density at radius 1 is 1.20 bits per heavy atom. The highest BCUT2D eigenvalue weighted by atomic mass is 32.1. The Morgan fingerprint density at radius 2 is 1.97 bits per heavy atom. The molecule has 30 heavy (non-hydrogen) atoms. The SMILES string of the molecule is CCc1cc2c(=O)n(CCC(=O)Nc3c(C)nn(-c4ccccc4)c3C)cnc2s1. The molecule has 1 aromatic carbocycles. The predicted octanol–water partition coefficient (Wildman–Crippen LogP) is 3.85. The summed E-state index contributed by atoms with van der Waals surface area (Å²) in [5.74, 6) is -0.166. The second-order valence-electron chi connectivity index (χ2n) is 7.12. The van der Waals surface area contributed by atoms with Gasteiger partial charge in [-0.1, -0.05) is 25.1 Å². The number of thiophene rings is 1. The van der Waals surface area contributed by atoms with E-state index in [2.05, 4.69) is 22.3 Å². The van der Waals surface area contributed by atoms with Crippen LogP contribution >= 0.6 is 11.3 Å². The highest BCUT2D eigenvalue weighted by molar-refractivity contribution is 7.18. The molecule has 0 spiro atoms. The number of amides is 1. The molecule has 0 aliphatic heterocycles. The van der Waals surface area contributed by atoms with E-state index in [-0.39, 0.29) is 24.4 Å². The average Bonchev–Trinajstić information content (AvgIpc) is 3.30. The van der Waals surface area contributed by atoms with Gasteiger partial charge < -0.3 is 5.32 Å². The summed E-state index contributed by atoms with van der Waals surface area (Å²) in [6.45, 7) is 6.12. The molecule has 0 fully saturated rings. The molecule has 4 rings (SSSR count).